The predicted molar refractivity (Wildman–Crippen MR) is 71.8 cm³/mol. The first kappa shape index (κ1) is 10.8. The summed E-state index contributed by atoms with van der Waals surface area (Å²) in [5, 5.41) is 1.34. The molecule has 86 valence electrons. The van der Waals surface area contributed by atoms with Gasteiger partial charge in [0, 0.05) is 10.5 Å². The summed E-state index contributed by atoms with van der Waals surface area (Å²) >= 11 is 9.65. The summed E-state index contributed by atoms with van der Waals surface area (Å²) in [4.78, 5) is 0. The number of fused-ring (bicyclic) bond motifs is 1. The summed E-state index contributed by atoms with van der Waals surface area (Å²) in [5.74, 6) is 2.67. The first-order valence-electron chi connectivity index (χ1n) is 6.47. The van der Waals surface area contributed by atoms with E-state index in [0.717, 1.165) is 23.2 Å². The fraction of sp³-hybridized carbons (Fsp3) is 1.00. The molecule has 3 saturated carbocycles. The fourth-order valence-corrected chi connectivity index (χ4v) is 5.35. The second-order valence-electron chi connectivity index (χ2n) is 6.35. The topological polar surface area (TPSA) is 0 Å². The average molecular weight is 242 g/mol. The van der Waals surface area contributed by atoms with Gasteiger partial charge in [0.05, 0.1) is 0 Å². The van der Waals surface area contributed by atoms with Crippen LogP contribution >= 0.6 is 25.3 Å². The molecule has 0 nitrogen and oxygen atoms in total. The van der Waals surface area contributed by atoms with Crippen molar-refractivity contribution >= 4 is 25.3 Å². The molecular formula is C13H22S2. The molecule has 0 aromatic heterocycles. The molecule has 0 amide bonds. The second kappa shape index (κ2) is 3.60. The molecule has 0 radical (unpaired) electrons. The second-order valence-corrected chi connectivity index (χ2v) is 7.68. The van der Waals surface area contributed by atoms with Gasteiger partial charge in [-0.3, -0.25) is 0 Å². The first-order chi connectivity index (χ1) is 7.11. The molecule has 2 heteroatoms. The van der Waals surface area contributed by atoms with Crippen LogP contribution in [-0.4, -0.2) is 10.5 Å². The maximum absolute atomic E-state index is 4.84. The maximum Gasteiger partial charge on any atom is 0.00507 e. The van der Waals surface area contributed by atoms with E-state index in [0.29, 0.717) is 10.5 Å². The molecule has 0 aromatic carbocycles. The number of hydrogen-bond donors (Lipinski definition) is 2. The summed E-state index contributed by atoms with van der Waals surface area (Å²) < 4.78 is 0. The molecule has 0 saturated heterocycles. The molecule has 0 aliphatic heterocycles. The Morgan fingerprint density at radius 1 is 1.07 bits per heavy atom. The standard InChI is InChI=1S/C13H22S2/c1-8-4-9-6-13(7-12(9)15)3-2-10(13)5-11(8)14/h8-12,14-15H,2-7H2,1H3. The van der Waals surface area contributed by atoms with Crippen LogP contribution in [0.1, 0.15) is 45.4 Å². The van der Waals surface area contributed by atoms with Gasteiger partial charge in [-0.05, 0) is 61.7 Å². The normalized spacial score (nSPS) is 59.0. The van der Waals surface area contributed by atoms with E-state index < -0.39 is 0 Å². The Hall–Kier alpha value is 0.700. The van der Waals surface area contributed by atoms with E-state index in [9.17, 15) is 0 Å². The van der Waals surface area contributed by atoms with E-state index in [4.69, 9.17) is 25.3 Å². The van der Waals surface area contributed by atoms with Crippen LogP contribution in [-0.2, 0) is 0 Å². The van der Waals surface area contributed by atoms with Gasteiger partial charge in [0.25, 0.3) is 0 Å². The van der Waals surface area contributed by atoms with Crippen LogP contribution < -0.4 is 0 Å². The molecule has 0 N–H and O–H groups in total. The third-order valence-electron chi connectivity index (χ3n) is 5.54. The van der Waals surface area contributed by atoms with E-state index in [1.54, 1.807) is 0 Å². The van der Waals surface area contributed by atoms with Gasteiger partial charge in [-0.1, -0.05) is 6.92 Å². The zero-order valence-corrected chi connectivity index (χ0v) is 11.3. The number of rotatable bonds is 0. The Bertz CT molecular complexity index is 257. The average Bonchev–Trinajstić information content (AvgIpc) is 2.52. The van der Waals surface area contributed by atoms with Crippen molar-refractivity contribution in [1.82, 2.24) is 0 Å². The Morgan fingerprint density at radius 3 is 2.53 bits per heavy atom. The molecule has 2 bridgehead atoms. The Labute approximate surface area is 104 Å². The molecule has 3 rings (SSSR count). The number of hydrogen-bond acceptors (Lipinski definition) is 2. The van der Waals surface area contributed by atoms with Crippen LogP contribution in [0, 0.1) is 23.2 Å². The highest BCUT2D eigenvalue weighted by Crippen LogP contribution is 2.63. The maximum atomic E-state index is 4.84. The third-order valence-corrected chi connectivity index (χ3v) is 6.87. The highest BCUT2D eigenvalue weighted by Gasteiger charge is 2.55. The molecule has 3 aliphatic rings. The fourth-order valence-electron chi connectivity index (χ4n) is 4.39. The first-order valence-corrected chi connectivity index (χ1v) is 7.50. The van der Waals surface area contributed by atoms with Crippen LogP contribution in [0.25, 0.3) is 0 Å². The van der Waals surface area contributed by atoms with Gasteiger partial charge in [0.15, 0.2) is 0 Å². The lowest BCUT2D eigenvalue weighted by Crippen LogP contribution is -2.41. The largest absolute Gasteiger partial charge is 0.176 e. The quantitative estimate of drug-likeness (QED) is 0.593. The highest BCUT2D eigenvalue weighted by molar-refractivity contribution is 7.81. The van der Waals surface area contributed by atoms with E-state index >= 15 is 0 Å². The Morgan fingerprint density at radius 2 is 1.87 bits per heavy atom. The summed E-state index contributed by atoms with van der Waals surface area (Å²) in [5.41, 5.74) is 0.720. The van der Waals surface area contributed by atoms with Gasteiger partial charge >= 0.3 is 0 Å². The van der Waals surface area contributed by atoms with Crippen LogP contribution in [0.3, 0.4) is 0 Å². The van der Waals surface area contributed by atoms with Gasteiger partial charge in [-0.2, -0.15) is 25.3 Å². The predicted octanol–water partition coefficient (Wildman–Crippen LogP) is 3.82. The van der Waals surface area contributed by atoms with Gasteiger partial charge in [-0.15, -0.1) is 0 Å². The zero-order valence-electron chi connectivity index (χ0n) is 9.52. The minimum Gasteiger partial charge on any atom is -0.176 e. The van der Waals surface area contributed by atoms with Crippen molar-refractivity contribution in [2.24, 2.45) is 23.2 Å². The summed E-state index contributed by atoms with van der Waals surface area (Å²) in [6.45, 7) is 2.39. The monoisotopic (exact) mass is 242 g/mol. The lowest BCUT2D eigenvalue weighted by Gasteiger charge is -2.50. The SMILES string of the molecule is CC1CC2CC3(CCC3CC1S)CC2S. The molecule has 3 fully saturated rings. The molecule has 15 heavy (non-hydrogen) atoms. The summed E-state index contributed by atoms with van der Waals surface area (Å²) in [6, 6.07) is 0. The molecule has 1 spiro atoms. The van der Waals surface area contributed by atoms with Gasteiger partial charge in [-0.25, -0.2) is 0 Å². The van der Waals surface area contributed by atoms with Crippen LogP contribution in [0.2, 0.25) is 0 Å². The van der Waals surface area contributed by atoms with E-state index in [1.807, 2.05) is 0 Å². The lowest BCUT2D eigenvalue weighted by molar-refractivity contribution is 0.0152. The Kier molecular flexibility index (Phi) is 2.60. The van der Waals surface area contributed by atoms with Crippen molar-refractivity contribution in [3.63, 3.8) is 0 Å². The van der Waals surface area contributed by atoms with Crippen molar-refractivity contribution in [1.29, 1.82) is 0 Å². The summed E-state index contributed by atoms with van der Waals surface area (Å²) in [7, 11) is 0. The Balaban J connectivity index is 1.86. The van der Waals surface area contributed by atoms with Crippen molar-refractivity contribution in [2.45, 2.75) is 55.9 Å². The van der Waals surface area contributed by atoms with Crippen molar-refractivity contribution in [2.75, 3.05) is 0 Å². The minimum atomic E-state index is 0.649. The molecular weight excluding hydrogens is 220 g/mol. The molecule has 3 aliphatic carbocycles. The van der Waals surface area contributed by atoms with Crippen LogP contribution in [0.4, 0.5) is 0 Å². The molecule has 0 aromatic rings. The summed E-state index contributed by atoms with van der Waals surface area (Å²) in [6.07, 6.45) is 8.58. The number of thiol groups is 2. The zero-order chi connectivity index (χ0) is 10.6. The third kappa shape index (κ3) is 1.58. The van der Waals surface area contributed by atoms with Gasteiger partial charge in [0.1, 0.15) is 0 Å². The molecule has 6 atom stereocenters. The van der Waals surface area contributed by atoms with E-state index in [1.165, 1.54) is 38.5 Å². The van der Waals surface area contributed by atoms with Crippen LogP contribution in [0.5, 0.6) is 0 Å². The van der Waals surface area contributed by atoms with E-state index in [2.05, 4.69) is 6.92 Å². The van der Waals surface area contributed by atoms with Crippen LogP contribution in [0.15, 0.2) is 0 Å². The lowest BCUT2D eigenvalue weighted by atomic mass is 9.56. The van der Waals surface area contributed by atoms with Crippen molar-refractivity contribution < 1.29 is 0 Å². The van der Waals surface area contributed by atoms with E-state index in [-0.39, 0.29) is 0 Å². The van der Waals surface area contributed by atoms with Crippen molar-refractivity contribution in [3.05, 3.63) is 0 Å². The molecule has 0 heterocycles. The molecule has 6 unspecified atom stereocenters. The van der Waals surface area contributed by atoms with Gasteiger partial charge in [0.2, 0.25) is 0 Å². The van der Waals surface area contributed by atoms with Crippen molar-refractivity contribution in [3.8, 4) is 0 Å². The minimum absolute atomic E-state index is 0.649. The smallest absolute Gasteiger partial charge is 0.00507 e. The highest BCUT2D eigenvalue weighted by atomic mass is 32.1. The van der Waals surface area contributed by atoms with Gasteiger partial charge < -0.3 is 0 Å².